The van der Waals surface area contributed by atoms with E-state index in [2.05, 4.69) is 22.3 Å². The molecule has 2 heterocycles. The number of aliphatic hydroxyl groups is 1. The lowest BCUT2D eigenvalue weighted by molar-refractivity contribution is -0.705. The molecule has 1 atom stereocenters. The first-order valence-corrected chi connectivity index (χ1v) is 10.5. The van der Waals surface area contributed by atoms with Crippen LogP contribution in [0.2, 0.25) is 0 Å². The topological polar surface area (TPSA) is 55.3 Å². The number of aromatic nitrogens is 2. The Kier molecular flexibility index (Phi) is 7.27. The molecule has 0 aliphatic heterocycles. The van der Waals surface area contributed by atoms with Crippen molar-refractivity contribution in [2.24, 2.45) is 5.92 Å². The third-order valence-electron chi connectivity index (χ3n) is 5.24. The van der Waals surface area contributed by atoms with Gasteiger partial charge < -0.3 is 26.8 Å². The Bertz CT molecular complexity index is 950. The Labute approximate surface area is 185 Å². The number of carbonyl (C=O) groups excluding carboxylic acids is 1. The van der Waals surface area contributed by atoms with Crippen LogP contribution >= 0.6 is 11.3 Å². The van der Waals surface area contributed by atoms with Gasteiger partial charge in [0.1, 0.15) is 25.5 Å². The average Bonchev–Trinajstić information content (AvgIpc) is 3.28. The quantitative estimate of drug-likeness (QED) is 0.380. The molecule has 3 aromatic rings. The molecule has 0 amide bonds. The van der Waals surface area contributed by atoms with Gasteiger partial charge >= 0.3 is 5.97 Å². The van der Waals surface area contributed by atoms with Gasteiger partial charge in [-0.2, -0.15) is 0 Å². The SMILES string of the molecule is Cc1n(CCOC(=O)C(O)c2sccc2-c2ccccc2)cc[n+]1CC1CC1.[Br-]. The number of imidazole rings is 1. The summed E-state index contributed by atoms with van der Waals surface area (Å²) in [5.41, 5.74) is 1.85. The van der Waals surface area contributed by atoms with E-state index in [1.54, 1.807) is 0 Å². The van der Waals surface area contributed by atoms with E-state index in [1.807, 2.05) is 48.0 Å². The van der Waals surface area contributed by atoms with Gasteiger partial charge in [0, 0.05) is 6.92 Å². The number of halogens is 1. The summed E-state index contributed by atoms with van der Waals surface area (Å²) in [6.07, 6.45) is 5.49. The van der Waals surface area contributed by atoms with Gasteiger partial charge in [-0.25, -0.2) is 13.9 Å². The van der Waals surface area contributed by atoms with Crippen molar-refractivity contribution in [2.75, 3.05) is 6.61 Å². The highest BCUT2D eigenvalue weighted by Gasteiger charge is 2.27. The van der Waals surface area contributed by atoms with Crippen molar-refractivity contribution in [3.63, 3.8) is 0 Å². The van der Waals surface area contributed by atoms with Crippen LogP contribution in [0.15, 0.2) is 54.2 Å². The third kappa shape index (κ3) is 5.15. The lowest BCUT2D eigenvalue weighted by Crippen LogP contribution is -3.00. The second-order valence-electron chi connectivity index (χ2n) is 7.27. The zero-order chi connectivity index (χ0) is 19.5. The highest BCUT2D eigenvalue weighted by molar-refractivity contribution is 7.10. The summed E-state index contributed by atoms with van der Waals surface area (Å²) < 4.78 is 9.71. The predicted molar refractivity (Wildman–Crippen MR) is 108 cm³/mol. The molecule has 7 heteroatoms. The fourth-order valence-electron chi connectivity index (χ4n) is 3.37. The summed E-state index contributed by atoms with van der Waals surface area (Å²) in [5, 5.41) is 12.4. The molecular weight excluding hydrogens is 452 g/mol. The van der Waals surface area contributed by atoms with E-state index in [9.17, 15) is 9.90 Å². The minimum atomic E-state index is -1.26. The molecule has 0 spiro atoms. The van der Waals surface area contributed by atoms with Crippen LogP contribution in [0.1, 0.15) is 29.6 Å². The summed E-state index contributed by atoms with van der Waals surface area (Å²) in [7, 11) is 0. The highest BCUT2D eigenvalue weighted by atomic mass is 79.9. The lowest BCUT2D eigenvalue weighted by atomic mass is 10.0. The van der Waals surface area contributed by atoms with Crippen molar-refractivity contribution in [1.29, 1.82) is 0 Å². The van der Waals surface area contributed by atoms with E-state index in [1.165, 1.54) is 24.2 Å². The normalized spacial score (nSPS) is 14.3. The molecule has 154 valence electrons. The van der Waals surface area contributed by atoms with E-state index in [0.717, 1.165) is 29.4 Å². The largest absolute Gasteiger partial charge is 1.00 e. The van der Waals surface area contributed by atoms with Gasteiger partial charge in [-0.15, -0.1) is 11.3 Å². The average molecular weight is 477 g/mol. The van der Waals surface area contributed by atoms with Gasteiger partial charge in [0.15, 0.2) is 6.10 Å². The summed E-state index contributed by atoms with van der Waals surface area (Å²) in [5.74, 6) is 1.38. The van der Waals surface area contributed by atoms with Crippen LogP contribution in [-0.4, -0.2) is 22.2 Å². The number of hydrogen-bond acceptors (Lipinski definition) is 4. The van der Waals surface area contributed by atoms with Crippen LogP contribution in [0.25, 0.3) is 11.1 Å². The molecule has 1 fully saturated rings. The smallest absolute Gasteiger partial charge is 0.340 e. The number of aliphatic hydroxyl groups excluding tert-OH is 1. The molecule has 5 nitrogen and oxygen atoms in total. The van der Waals surface area contributed by atoms with Gasteiger partial charge in [0.05, 0.1) is 11.4 Å². The lowest BCUT2D eigenvalue weighted by Gasteiger charge is -2.11. The fourth-order valence-corrected chi connectivity index (χ4v) is 4.26. The van der Waals surface area contributed by atoms with E-state index in [4.69, 9.17) is 4.74 Å². The molecule has 29 heavy (non-hydrogen) atoms. The summed E-state index contributed by atoms with van der Waals surface area (Å²) in [6, 6.07) is 11.7. The van der Waals surface area contributed by atoms with Gasteiger partial charge in [-0.3, -0.25) is 0 Å². The van der Waals surface area contributed by atoms with Crippen LogP contribution in [0.5, 0.6) is 0 Å². The van der Waals surface area contributed by atoms with Crippen molar-refractivity contribution in [1.82, 2.24) is 4.57 Å². The molecular formula is C22H25BrN2O3S. The molecule has 1 aromatic carbocycles. The molecule has 0 saturated heterocycles. The fraction of sp³-hybridized carbons (Fsp3) is 0.364. The van der Waals surface area contributed by atoms with E-state index in [0.29, 0.717) is 11.4 Å². The van der Waals surface area contributed by atoms with Crippen molar-refractivity contribution in [2.45, 2.75) is 39.0 Å². The Morgan fingerprint density at radius 3 is 2.79 bits per heavy atom. The number of ether oxygens (including phenoxy) is 1. The second-order valence-corrected chi connectivity index (χ2v) is 8.22. The minimum Gasteiger partial charge on any atom is -1.00 e. The number of benzene rings is 1. The molecule has 2 aromatic heterocycles. The van der Waals surface area contributed by atoms with Crippen LogP contribution in [-0.2, 0) is 22.6 Å². The van der Waals surface area contributed by atoms with E-state index < -0.39 is 12.1 Å². The first-order chi connectivity index (χ1) is 13.6. The molecule has 1 aliphatic rings. The molecule has 1 saturated carbocycles. The van der Waals surface area contributed by atoms with Crippen LogP contribution in [0.4, 0.5) is 0 Å². The van der Waals surface area contributed by atoms with Gasteiger partial charge in [0.25, 0.3) is 5.82 Å². The second kappa shape index (κ2) is 9.69. The van der Waals surface area contributed by atoms with Crippen LogP contribution in [0, 0.1) is 12.8 Å². The number of hydrogen-bond donors (Lipinski definition) is 1. The molecule has 0 radical (unpaired) electrons. The van der Waals surface area contributed by atoms with Crippen molar-refractivity contribution < 1.29 is 36.2 Å². The summed E-state index contributed by atoms with van der Waals surface area (Å²) in [4.78, 5) is 13.0. The summed E-state index contributed by atoms with van der Waals surface area (Å²) in [6.45, 7) is 3.97. The van der Waals surface area contributed by atoms with Crippen LogP contribution in [0.3, 0.4) is 0 Å². The number of nitrogens with zero attached hydrogens (tertiary/aromatic N) is 2. The van der Waals surface area contributed by atoms with Crippen LogP contribution < -0.4 is 21.5 Å². The number of esters is 1. The first kappa shape index (κ1) is 21.7. The van der Waals surface area contributed by atoms with Crippen molar-refractivity contribution >= 4 is 17.3 Å². The summed E-state index contributed by atoms with van der Waals surface area (Å²) >= 11 is 1.37. The maximum atomic E-state index is 12.4. The monoisotopic (exact) mass is 476 g/mol. The third-order valence-corrected chi connectivity index (χ3v) is 6.21. The van der Waals surface area contributed by atoms with E-state index >= 15 is 0 Å². The Hall–Kier alpha value is -1.96. The minimum absolute atomic E-state index is 0. The van der Waals surface area contributed by atoms with E-state index in [-0.39, 0.29) is 23.6 Å². The van der Waals surface area contributed by atoms with Crippen molar-refractivity contribution in [3.05, 3.63) is 64.9 Å². The van der Waals surface area contributed by atoms with Crippen molar-refractivity contribution in [3.8, 4) is 11.1 Å². The van der Waals surface area contributed by atoms with Gasteiger partial charge in [0.2, 0.25) is 0 Å². The zero-order valence-electron chi connectivity index (χ0n) is 16.3. The number of carbonyl (C=O) groups is 1. The molecule has 4 rings (SSSR count). The van der Waals surface area contributed by atoms with Gasteiger partial charge in [-0.1, -0.05) is 30.3 Å². The van der Waals surface area contributed by atoms with Gasteiger partial charge in [-0.05, 0) is 41.3 Å². The Balaban J connectivity index is 0.00000240. The molecule has 0 bridgehead atoms. The molecule has 1 aliphatic carbocycles. The number of rotatable bonds is 8. The Morgan fingerprint density at radius 2 is 2.07 bits per heavy atom. The number of thiophene rings is 1. The standard InChI is InChI=1S/C22H25N2O3S.BrH/c1-16-23(10-11-24(16)15-17-7-8-17)12-13-27-22(26)20(25)21-19(9-14-28-21)18-5-3-2-4-6-18;/h2-6,9-11,14,17,20,25H,7-8,12-13,15H2,1H3;1H/q+1;/p-1. The Morgan fingerprint density at radius 1 is 1.31 bits per heavy atom. The zero-order valence-corrected chi connectivity index (χ0v) is 18.7. The maximum absolute atomic E-state index is 12.4. The maximum Gasteiger partial charge on any atom is 0.340 e. The predicted octanol–water partition coefficient (Wildman–Crippen LogP) is 0.503. The first-order valence-electron chi connectivity index (χ1n) is 9.66. The molecule has 1 unspecified atom stereocenters. The molecule has 1 N–H and O–H groups in total. The highest BCUT2D eigenvalue weighted by Crippen LogP contribution is 2.33.